The summed E-state index contributed by atoms with van der Waals surface area (Å²) in [6.45, 7) is 0.639. The summed E-state index contributed by atoms with van der Waals surface area (Å²) in [5.41, 5.74) is 2.99. The first-order chi connectivity index (χ1) is 12.8. The second-order valence-corrected chi connectivity index (χ2v) is 7.31. The summed E-state index contributed by atoms with van der Waals surface area (Å²) < 4.78 is 5.19. The molecule has 0 unspecified atom stereocenters. The molecule has 3 aromatic heterocycles. The Kier molecular flexibility index (Phi) is 4.90. The number of anilines is 1. The van der Waals surface area contributed by atoms with Crippen molar-refractivity contribution >= 4 is 28.6 Å². The van der Waals surface area contributed by atoms with Gasteiger partial charge in [-0.3, -0.25) is 0 Å². The normalized spacial score (nSPS) is 10.7. The van der Waals surface area contributed by atoms with E-state index in [1.165, 1.54) is 0 Å². The van der Waals surface area contributed by atoms with Gasteiger partial charge in [-0.05, 0) is 29.1 Å². The average molecular weight is 380 g/mol. The lowest BCUT2D eigenvalue weighted by Gasteiger charge is -2.09. The summed E-state index contributed by atoms with van der Waals surface area (Å²) in [6.07, 6.45) is 3.66. The molecule has 4 rings (SSSR count). The second kappa shape index (κ2) is 7.63. The summed E-state index contributed by atoms with van der Waals surface area (Å²) in [4.78, 5) is 14.8. The highest BCUT2D eigenvalue weighted by atomic mass is 32.1. The Hall–Kier alpha value is -2.77. The first-order valence-corrected chi connectivity index (χ1v) is 9.77. The van der Waals surface area contributed by atoms with E-state index in [4.69, 9.17) is 9.72 Å². The van der Waals surface area contributed by atoms with E-state index in [2.05, 4.69) is 26.7 Å². The lowest BCUT2D eigenvalue weighted by Crippen LogP contribution is -2.05. The van der Waals surface area contributed by atoms with Gasteiger partial charge in [0.05, 0.1) is 7.11 Å². The molecule has 0 saturated carbocycles. The van der Waals surface area contributed by atoms with Crippen molar-refractivity contribution in [3.8, 4) is 26.9 Å². The Balaban J connectivity index is 1.60. The summed E-state index contributed by atoms with van der Waals surface area (Å²) in [5.74, 6) is 1.43. The van der Waals surface area contributed by atoms with Gasteiger partial charge in [0, 0.05) is 34.8 Å². The number of rotatable bonds is 6. The Bertz CT molecular complexity index is 967. The number of hydrogen-bond acceptors (Lipinski definition) is 7. The molecule has 0 spiro atoms. The highest BCUT2D eigenvalue weighted by Gasteiger charge is 2.14. The number of methoxy groups -OCH3 is 1. The molecule has 5 nitrogen and oxygen atoms in total. The fourth-order valence-corrected chi connectivity index (χ4v) is 3.88. The molecule has 0 fully saturated rings. The molecule has 3 heterocycles. The van der Waals surface area contributed by atoms with Gasteiger partial charge in [0.25, 0.3) is 0 Å². The van der Waals surface area contributed by atoms with Crippen LogP contribution in [0.3, 0.4) is 0 Å². The molecule has 0 amide bonds. The summed E-state index contributed by atoms with van der Waals surface area (Å²) >= 11 is 3.25. The fraction of sp³-hybridized carbons (Fsp3) is 0.105. The van der Waals surface area contributed by atoms with Crippen molar-refractivity contribution in [3.05, 3.63) is 65.1 Å². The molecule has 0 radical (unpaired) electrons. The lowest BCUT2D eigenvalue weighted by atomic mass is 10.2. The molecule has 7 heteroatoms. The number of benzene rings is 1. The van der Waals surface area contributed by atoms with E-state index >= 15 is 0 Å². The molecule has 130 valence electrons. The zero-order valence-electron chi connectivity index (χ0n) is 14.0. The van der Waals surface area contributed by atoms with Crippen LogP contribution in [0.15, 0.2) is 59.6 Å². The Morgan fingerprint density at radius 3 is 2.62 bits per heavy atom. The zero-order valence-corrected chi connectivity index (χ0v) is 15.7. The van der Waals surface area contributed by atoms with Crippen LogP contribution in [0.1, 0.15) is 5.56 Å². The van der Waals surface area contributed by atoms with Gasteiger partial charge in [0.1, 0.15) is 16.5 Å². The minimum atomic E-state index is 0.589. The molecule has 0 saturated heterocycles. The molecule has 0 aliphatic carbocycles. The standard InChI is InChI=1S/C19H16N4OS2/c1-24-14-6-4-13(5-7-14)11-21-19-22-12-15(16-3-2-9-25-16)17(23-19)18-20-8-10-26-18/h2-10,12H,11H2,1H3,(H,21,22,23). The van der Waals surface area contributed by atoms with E-state index in [9.17, 15) is 0 Å². The van der Waals surface area contributed by atoms with Gasteiger partial charge in [-0.2, -0.15) is 0 Å². The number of ether oxygens (including phenoxy) is 1. The van der Waals surface area contributed by atoms with Crippen LogP contribution in [-0.4, -0.2) is 22.1 Å². The van der Waals surface area contributed by atoms with Gasteiger partial charge in [-0.25, -0.2) is 15.0 Å². The highest BCUT2D eigenvalue weighted by molar-refractivity contribution is 7.14. The van der Waals surface area contributed by atoms with Crippen molar-refractivity contribution in [1.29, 1.82) is 0 Å². The van der Waals surface area contributed by atoms with Crippen molar-refractivity contribution in [2.24, 2.45) is 0 Å². The van der Waals surface area contributed by atoms with Crippen LogP contribution in [0.25, 0.3) is 21.1 Å². The second-order valence-electron chi connectivity index (χ2n) is 5.47. The predicted octanol–water partition coefficient (Wildman–Crippen LogP) is 4.95. The molecule has 4 aromatic rings. The largest absolute Gasteiger partial charge is 0.497 e. The fourth-order valence-electron chi connectivity index (χ4n) is 2.51. The van der Waals surface area contributed by atoms with E-state index in [1.807, 2.05) is 41.9 Å². The number of hydrogen-bond donors (Lipinski definition) is 1. The maximum Gasteiger partial charge on any atom is 0.223 e. The van der Waals surface area contributed by atoms with Crippen molar-refractivity contribution < 1.29 is 4.74 Å². The Morgan fingerprint density at radius 1 is 1.04 bits per heavy atom. The van der Waals surface area contributed by atoms with E-state index in [0.29, 0.717) is 12.5 Å². The molecule has 0 atom stereocenters. The third-order valence-electron chi connectivity index (χ3n) is 3.82. The van der Waals surface area contributed by atoms with Gasteiger partial charge >= 0.3 is 0 Å². The van der Waals surface area contributed by atoms with Crippen LogP contribution in [0.2, 0.25) is 0 Å². The highest BCUT2D eigenvalue weighted by Crippen LogP contribution is 2.34. The number of aromatic nitrogens is 3. The maximum atomic E-state index is 5.19. The topological polar surface area (TPSA) is 59.9 Å². The van der Waals surface area contributed by atoms with E-state index in [1.54, 1.807) is 36.0 Å². The molecule has 1 N–H and O–H groups in total. The van der Waals surface area contributed by atoms with Gasteiger partial charge < -0.3 is 10.1 Å². The number of nitrogens with zero attached hydrogens (tertiary/aromatic N) is 3. The van der Waals surface area contributed by atoms with Gasteiger partial charge in [0.2, 0.25) is 5.95 Å². The van der Waals surface area contributed by atoms with E-state index in [-0.39, 0.29) is 0 Å². The first-order valence-electron chi connectivity index (χ1n) is 8.01. The monoisotopic (exact) mass is 380 g/mol. The SMILES string of the molecule is COc1ccc(CNc2ncc(-c3cccs3)c(-c3nccs3)n2)cc1. The quantitative estimate of drug-likeness (QED) is 0.513. The number of thiophene rings is 1. The van der Waals surface area contributed by atoms with Gasteiger partial charge in [-0.1, -0.05) is 18.2 Å². The van der Waals surface area contributed by atoms with Crippen LogP contribution in [0.5, 0.6) is 5.75 Å². The van der Waals surface area contributed by atoms with E-state index < -0.39 is 0 Å². The third kappa shape index (κ3) is 3.58. The van der Waals surface area contributed by atoms with Crippen molar-refractivity contribution in [2.45, 2.75) is 6.54 Å². The van der Waals surface area contributed by atoms with Crippen LogP contribution in [0.4, 0.5) is 5.95 Å². The molecule has 26 heavy (non-hydrogen) atoms. The predicted molar refractivity (Wildman–Crippen MR) is 107 cm³/mol. The first kappa shape index (κ1) is 16.7. The minimum absolute atomic E-state index is 0.589. The van der Waals surface area contributed by atoms with Crippen molar-refractivity contribution in [2.75, 3.05) is 12.4 Å². The zero-order chi connectivity index (χ0) is 17.8. The maximum absolute atomic E-state index is 5.19. The van der Waals surface area contributed by atoms with Crippen LogP contribution in [0, 0.1) is 0 Å². The smallest absolute Gasteiger partial charge is 0.223 e. The molecule has 0 aliphatic heterocycles. The summed E-state index contributed by atoms with van der Waals surface area (Å²) in [7, 11) is 1.66. The molecular weight excluding hydrogens is 364 g/mol. The van der Waals surface area contributed by atoms with E-state index in [0.717, 1.165) is 32.5 Å². The van der Waals surface area contributed by atoms with Crippen LogP contribution in [-0.2, 0) is 6.54 Å². The third-order valence-corrected chi connectivity index (χ3v) is 5.50. The molecule has 0 bridgehead atoms. The van der Waals surface area contributed by atoms with Gasteiger partial charge in [0.15, 0.2) is 0 Å². The molecule has 1 aromatic carbocycles. The summed E-state index contributed by atoms with van der Waals surface area (Å²) in [6, 6.07) is 12.0. The molecular formula is C19H16N4OS2. The number of thiazole rings is 1. The average Bonchev–Trinajstić information content (AvgIpc) is 3.40. The van der Waals surface area contributed by atoms with Crippen molar-refractivity contribution in [3.63, 3.8) is 0 Å². The lowest BCUT2D eigenvalue weighted by molar-refractivity contribution is 0.414. The minimum Gasteiger partial charge on any atom is -0.497 e. The van der Waals surface area contributed by atoms with Crippen molar-refractivity contribution in [1.82, 2.24) is 15.0 Å². The van der Waals surface area contributed by atoms with Gasteiger partial charge in [-0.15, -0.1) is 22.7 Å². The van der Waals surface area contributed by atoms with Crippen LogP contribution < -0.4 is 10.1 Å². The Labute approximate surface area is 159 Å². The van der Waals surface area contributed by atoms with Crippen LogP contribution >= 0.6 is 22.7 Å². The Morgan fingerprint density at radius 2 is 1.92 bits per heavy atom. The molecule has 0 aliphatic rings. The summed E-state index contributed by atoms with van der Waals surface area (Å²) in [5, 5.41) is 8.19. The number of nitrogens with one attached hydrogen (secondary N) is 1.